The minimum Gasteiger partial charge on any atom is -0.316 e. The van der Waals surface area contributed by atoms with Gasteiger partial charge in [-0.1, -0.05) is 30.7 Å². The number of benzene rings is 1. The van der Waals surface area contributed by atoms with Gasteiger partial charge in [-0.15, -0.1) is 0 Å². The van der Waals surface area contributed by atoms with Gasteiger partial charge in [0.05, 0.1) is 0 Å². The molecule has 0 aromatic heterocycles. The molecule has 0 saturated carbocycles. The molecule has 1 aromatic carbocycles. The van der Waals surface area contributed by atoms with Crippen LogP contribution in [0.5, 0.6) is 0 Å². The molecule has 1 fully saturated rings. The van der Waals surface area contributed by atoms with Crippen LogP contribution >= 0.6 is 11.6 Å². The van der Waals surface area contributed by atoms with Gasteiger partial charge in [-0.2, -0.15) is 0 Å². The fourth-order valence-corrected chi connectivity index (χ4v) is 2.94. The fourth-order valence-electron chi connectivity index (χ4n) is 2.72. The summed E-state index contributed by atoms with van der Waals surface area (Å²) in [5.74, 6) is 0.347. The van der Waals surface area contributed by atoms with Crippen LogP contribution in [0.2, 0.25) is 5.02 Å². The molecule has 3 heteroatoms. The lowest BCUT2D eigenvalue weighted by atomic mass is 9.73. The molecule has 1 saturated heterocycles. The Morgan fingerprint density at radius 3 is 2.94 bits per heavy atom. The van der Waals surface area contributed by atoms with Gasteiger partial charge in [0.15, 0.2) is 0 Å². The number of Topliss-reactive ketones (excluding diaryl/α,β-unsaturated/α-hetero) is 1. The molecule has 1 atom stereocenters. The van der Waals surface area contributed by atoms with Crippen molar-refractivity contribution >= 4 is 17.4 Å². The normalized spacial score (nSPS) is 23.9. The highest BCUT2D eigenvalue weighted by molar-refractivity contribution is 6.30. The number of ketones is 1. The molecule has 1 aliphatic heterocycles. The average Bonchev–Trinajstić information content (AvgIpc) is 2.39. The first-order valence-electron chi connectivity index (χ1n) is 6.65. The van der Waals surface area contributed by atoms with Crippen LogP contribution in [0.1, 0.15) is 31.7 Å². The molecule has 0 aliphatic carbocycles. The van der Waals surface area contributed by atoms with Crippen molar-refractivity contribution in [3.05, 3.63) is 34.9 Å². The van der Waals surface area contributed by atoms with Gasteiger partial charge in [0, 0.05) is 23.4 Å². The quantitative estimate of drug-likeness (QED) is 0.906. The van der Waals surface area contributed by atoms with Crippen LogP contribution in [0.3, 0.4) is 0 Å². The Morgan fingerprint density at radius 2 is 2.33 bits per heavy atom. The van der Waals surface area contributed by atoms with Crippen LogP contribution in [0, 0.1) is 5.41 Å². The minimum atomic E-state index is -0.166. The van der Waals surface area contributed by atoms with E-state index in [9.17, 15) is 4.79 Å². The molecule has 1 aromatic rings. The lowest BCUT2D eigenvalue weighted by Gasteiger charge is -2.35. The first-order valence-corrected chi connectivity index (χ1v) is 7.02. The molecule has 0 bridgehead atoms. The molecule has 18 heavy (non-hydrogen) atoms. The predicted molar refractivity (Wildman–Crippen MR) is 75.0 cm³/mol. The number of nitrogens with one attached hydrogen (secondary N) is 1. The van der Waals surface area contributed by atoms with E-state index in [1.54, 1.807) is 0 Å². The molecule has 1 aliphatic rings. The lowest BCUT2D eigenvalue weighted by molar-refractivity contribution is -0.129. The summed E-state index contributed by atoms with van der Waals surface area (Å²) in [5, 5.41) is 4.06. The Bertz CT molecular complexity index is 424. The van der Waals surface area contributed by atoms with Crippen molar-refractivity contribution in [1.29, 1.82) is 0 Å². The van der Waals surface area contributed by atoms with E-state index in [0.29, 0.717) is 17.2 Å². The highest BCUT2D eigenvalue weighted by Crippen LogP contribution is 2.32. The van der Waals surface area contributed by atoms with Crippen LogP contribution in [-0.4, -0.2) is 18.9 Å². The zero-order chi connectivity index (χ0) is 13.0. The van der Waals surface area contributed by atoms with E-state index in [-0.39, 0.29) is 5.41 Å². The van der Waals surface area contributed by atoms with Crippen molar-refractivity contribution in [2.24, 2.45) is 5.41 Å². The third-order valence-electron chi connectivity index (χ3n) is 3.99. The van der Waals surface area contributed by atoms with Crippen LogP contribution in [0.25, 0.3) is 0 Å². The summed E-state index contributed by atoms with van der Waals surface area (Å²) in [7, 11) is 0. The second kappa shape index (κ2) is 5.85. The standard InChI is InChI=1S/C15H20ClNO/c1-2-15(7-4-8-17-11-15)14(18)10-12-5-3-6-13(16)9-12/h3,5-6,9,17H,2,4,7-8,10-11H2,1H3. The highest BCUT2D eigenvalue weighted by Gasteiger charge is 2.37. The number of carbonyl (C=O) groups excluding carboxylic acids is 1. The fraction of sp³-hybridized carbons (Fsp3) is 0.533. The van der Waals surface area contributed by atoms with Gasteiger partial charge in [-0.3, -0.25) is 4.79 Å². The largest absolute Gasteiger partial charge is 0.316 e. The van der Waals surface area contributed by atoms with Gasteiger partial charge < -0.3 is 5.32 Å². The molecule has 98 valence electrons. The number of carbonyl (C=O) groups is 1. The average molecular weight is 266 g/mol. The minimum absolute atomic E-state index is 0.166. The highest BCUT2D eigenvalue weighted by atomic mass is 35.5. The summed E-state index contributed by atoms with van der Waals surface area (Å²) in [6.45, 7) is 3.97. The molecule has 2 rings (SSSR count). The van der Waals surface area contributed by atoms with E-state index in [1.807, 2.05) is 24.3 Å². The molecule has 1 unspecified atom stereocenters. The predicted octanol–water partition coefficient (Wildman–Crippen LogP) is 3.23. The summed E-state index contributed by atoms with van der Waals surface area (Å²) in [5.41, 5.74) is 0.853. The Kier molecular flexibility index (Phi) is 4.41. The summed E-state index contributed by atoms with van der Waals surface area (Å²) in [6.07, 6.45) is 3.51. The van der Waals surface area contributed by atoms with Crippen LogP contribution < -0.4 is 5.32 Å². The van der Waals surface area contributed by atoms with Crippen molar-refractivity contribution in [3.63, 3.8) is 0 Å². The Labute approximate surface area is 114 Å². The van der Waals surface area contributed by atoms with E-state index >= 15 is 0 Å². The molecule has 0 radical (unpaired) electrons. The second-order valence-electron chi connectivity index (χ2n) is 5.14. The van der Waals surface area contributed by atoms with Gasteiger partial charge in [0.2, 0.25) is 0 Å². The Morgan fingerprint density at radius 1 is 1.50 bits per heavy atom. The number of hydrogen-bond acceptors (Lipinski definition) is 2. The second-order valence-corrected chi connectivity index (χ2v) is 5.58. The van der Waals surface area contributed by atoms with Crippen molar-refractivity contribution in [2.75, 3.05) is 13.1 Å². The van der Waals surface area contributed by atoms with Crippen molar-refractivity contribution in [3.8, 4) is 0 Å². The van der Waals surface area contributed by atoms with Crippen LogP contribution in [-0.2, 0) is 11.2 Å². The first-order chi connectivity index (χ1) is 8.66. The first kappa shape index (κ1) is 13.6. The van der Waals surface area contributed by atoms with Crippen molar-refractivity contribution in [1.82, 2.24) is 5.32 Å². The SMILES string of the molecule is CCC1(C(=O)Cc2cccc(Cl)c2)CCCNC1. The molecular formula is C15H20ClNO. The summed E-state index contributed by atoms with van der Waals surface area (Å²) >= 11 is 5.96. The van der Waals surface area contributed by atoms with Gasteiger partial charge >= 0.3 is 0 Å². The topological polar surface area (TPSA) is 29.1 Å². The third kappa shape index (κ3) is 2.93. The number of piperidine rings is 1. The van der Waals surface area contributed by atoms with Crippen molar-refractivity contribution in [2.45, 2.75) is 32.6 Å². The Balaban J connectivity index is 2.10. The lowest BCUT2D eigenvalue weighted by Crippen LogP contribution is -2.45. The van der Waals surface area contributed by atoms with Crippen LogP contribution in [0.15, 0.2) is 24.3 Å². The molecule has 1 N–H and O–H groups in total. The molecular weight excluding hydrogens is 246 g/mol. The maximum atomic E-state index is 12.5. The maximum absolute atomic E-state index is 12.5. The molecule has 0 amide bonds. The molecule has 1 heterocycles. The maximum Gasteiger partial charge on any atom is 0.144 e. The van der Waals surface area contributed by atoms with Gasteiger partial charge in [-0.25, -0.2) is 0 Å². The van der Waals surface area contributed by atoms with Gasteiger partial charge in [0.25, 0.3) is 0 Å². The zero-order valence-corrected chi connectivity index (χ0v) is 11.6. The smallest absolute Gasteiger partial charge is 0.144 e. The summed E-state index contributed by atoms with van der Waals surface area (Å²) < 4.78 is 0. The third-order valence-corrected chi connectivity index (χ3v) is 4.23. The number of rotatable bonds is 4. The molecule has 2 nitrogen and oxygen atoms in total. The van der Waals surface area contributed by atoms with Gasteiger partial charge in [-0.05, 0) is 43.5 Å². The van der Waals surface area contributed by atoms with E-state index < -0.39 is 0 Å². The Hall–Kier alpha value is -0.860. The molecule has 0 spiro atoms. The zero-order valence-electron chi connectivity index (χ0n) is 10.8. The number of hydrogen-bond donors (Lipinski definition) is 1. The van der Waals surface area contributed by atoms with E-state index in [4.69, 9.17) is 11.6 Å². The summed E-state index contributed by atoms with van der Waals surface area (Å²) in [6, 6.07) is 7.61. The van der Waals surface area contributed by atoms with E-state index in [2.05, 4.69) is 12.2 Å². The monoisotopic (exact) mass is 265 g/mol. The van der Waals surface area contributed by atoms with E-state index in [0.717, 1.165) is 37.9 Å². The van der Waals surface area contributed by atoms with Crippen LogP contribution in [0.4, 0.5) is 0 Å². The summed E-state index contributed by atoms with van der Waals surface area (Å²) in [4.78, 5) is 12.5. The van der Waals surface area contributed by atoms with E-state index in [1.165, 1.54) is 0 Å². The van der Waals surface area contributed by atoms with Crippen molar-refractivity contribution < 1.29 is 4.79 Å². The number of halogens is 1. The van der Waals surface area contributed by atoms with Gasteiger partial charge in [0.1, 0.15) is 5.78 Å².